The van der Waals surface area contributed by atoms with Gasteiger partial charge in [0.2, 0.25) is 5.89 Å². The van der Waals surface area contributed by atoms with E-state index in [1.54, 1.807) is 12.4 Å². The van der Waals surface area contributed by atoms with Crippen LogP contribution in [-0.4, -0.2) is 20.1 Å². The molecule has 0 spiro atoms. The molecule has 6 heteroatoms. The van der Waals surface area contributed by atoms with Crippen LogP contribution < -0.4 is 0 Å². The largest absolute Gasteiger partial charge is 0.365 e. The Kier molecular flexibility index (Phi) is 3.87. The zero-order valence-electron chi connectivity index (χ0n) is 10.0. The first-order valence-electron chi connectivity index (χ1n) is 5.61. The first-order valence-corrected chi connectivity index (χ1v) is 5.61. The van der Waals surface area contributed by atoms with Crippen molar-refractivity contribution in [3.8, 4) is 0 Å². The number of nitrogens with one attached hydrogen (secondary N) is 1. The van der Waals surface area contributed by atoms with Gasteiger partial charge in [0.15, 0.2) is 5.82 Å². The van der Waals surface area contributed by atoms with Crippen LogP contribution in [0.15, 0.2) is 16.9 Å². The summed E-state index contributed by atoms with van der Waals surface area (Å²) in [6.45, 7) is 4.97. The van der Waals surface area contributed by atoms with Crippen LogP contribution in [0.25, 0.3) is 0 Å². The Labute approximate surface area is 99.4 Å². The number of aromatic amines is 1. The Morgan fingerprint density at radius 1 is 1.41 bits per heavy atom. The number of hydrogen-bond acceptors (Lipinski definition) is 5. The average molecular weight is 236 g/mol. The number of nitrogens with zero attached hydrogens (tertiary/aromatic N) is 3. The van der Waals surface area contributed by atoms with Gasteiger partial charge in [0.25, 0.3) is 0 Å². The van der Waals surface area contributed by atoms with Crippen LogP contribution in [-0.2, 0) is 24.4 Å². The molecule has 6 nitrogen and oxygen atoms in total. The Hall–Kier alpha value is -1.69. The van der Waals surface area contributed by atoms with Gasteiger partial charge in [-0.1, -0.05) is 19.0 Å². The lowest BCUT2D eigenvalue weighted by atomic mass is 10.1. The maximum atomic E-state index is 5.40. The molecule has 0 amide bonds. The molecule has 0 aliphatic carbocycles. The molecule has 0 atom stereocenters. The number of hydrogen-bond donors (Lipinski definition) is 1. The molecule has 0 aromatic carbocycles. The zero-order valence-corrected chi connectivity index (χ0v) is 10.0. The summed E-state index contributed by atoms with van der Waals surface area (Å²) in [6.07, 6.45) is 4.24. The van der Waals surface area contributed by atoms with Crippen LogP contribution in [0.4, 0.5) is 0 Å². The molecule has 0 aliphatic rings. The topological polar surface area (TPSA) is 76.8 Å². The molecular formula is C11H16N4O2. The van der Waals surface area contributed by atoms with E-state index in [2.05, 4.69) is 34.0 Å². The molecule has 0 saturated carbocycles. The molecule has 2 heterocycles. The molecule has 0 bridgehead atoms. The van der Waals surface area contributed by atoms with Crippen LogP contribution >= 0.6 is 0 Å². The Bertz CT molecular complexity index is 436. The normalized spacial score (nSPS) is 11.2. The van der Waals surface area contributed by atoms with Gasteiger partial charge >= 0.3 is 0 Å². The van der Waals surface area contributed by atoms with E-state index in [4.69, 9.17) is 9.26 Å². The van der Waals surface area contributed by atoms with E-state index in [-0.39, 0.29) is 0 Å². The van der Waals surface area contributed by atoms with E-state index in [0.717, 1.165) is 12.2 Å². The van der Waals surface area contributed by atoms with Crippen molar-refractivity contribution < 1.29 is 9.26 Å². The number of rotatable bonds is 6. The van der Waals surface area contributed by atoms with E-state index in [9.17, 15) is 0 Å². The standard InChI is InChI=1S/C11H16N4O2/c1-8(2)5-11-14-10(15-17-11)7-16-6-9-12-3-4-13-9/h3-4,8H,5-7H2,1-2H3,(H,12,13). The van der Waals surface area contributed by atoms with E-state index < -0.39 is 0 Å². The molecule has 0 saturated heterocycles. The van der Waals surface area contributed by atoms with Crippen LogP contribution in [0, 0.1) is 5.92 Å². The third kappa shape index (κ3) is 3.67. The predicted octanol–water partition coefficient (Wildman–Crippen LogP) is 1.71. The van der Waals surface area contributed by atoms with Gasteiger partial charge in [0, 0.05) is 18.8 Å². The van der Waals surface area contributed by atoms with Crippen LogP contribution in [0.2, 0.25) is 0 Å². The highest BCUT2D eigenvalue weighted by molar-refractivity contribution is 4.87. The number of ether oxygens (including phenoxy) is 1. The van der Waals surface area contributed by atoms with Crippen molar-refractivity contribution in [1.29, 1.82) is 0 Å². The number of imidazole rings is 1. The van der Waals surface area contributed by atoms with Crippen molar-refractivity contribution in [2.45, 2.75) is 33.5 Å². The maximum absolute atomic E-state index is 5.40. The molecule has 2 aromatic rings. The summed E-state index contributed by atoms with van der Waals surface area (Å²) in [4.78, 5) is 11.2. The summed E-state index contributed by atoms with van der Waals surface area (Å²) in [5.41, 5.74) is 0. The van der Waals surface area contributed by atoms with E-state index in [0.29, 0.717) is 30.8 Å². The molecular weight excluding hydrogens is 220 g/mol. The van der Waals surface area contributed by atoms with Crippen molar-refractivity contribution in [3.63, 3.8) is 0 Å². The molecule has 92 valence electrons. The lowest BCUT2D eigenvalue weighted by Crippen LogP contribution is -1.98. The molecule has 0 radical (unpaired) electrons. The van der Waals surface area contributed by atoms with Crippen molar-refractivity contribution in [2.24, 2.45) is 5.92 Å². The second-order valence-electron chi connectivity index (χ2n) is 4.23. The van der Waals surface area contributed by atoms with Gasteiger partial charge in [0.1, 0.15) is 19.0 Å². The minimum Gasteiger partial charge on any atom is -0.365 e. The van der Waals surface area contributed by atoms with Gasteiger partial charge in [-0.2, -0.15) is 4.98 Å². The Morgan fingerprint density at radius 3 is 3.00 bits per heavy atom. The van der Waals surface area contributed by atoms with Gasteiger partial charge in [0.05, 0.1) is 0 Å². The van der Waals surface area contributed by atoms with Gasteiger partial charge in [-0.05, 0) is 5.92 Å². The SMILES string of the molecule is CC(C)Cc1nc(COCc2ncc[nH]2)no1. The monoisotopic (exact) mass is 236 g/mol. The van der Waals surface area contributed by atoms with Crippen molar-refractivity contribution in [3.05, 3.63) is 29.9 Å². The summed E-state index contributed by atoms with van der Waals surface area (Å²) in [7, 11) is 0. The van der Waals surface area contributed by atoms with E-state index in [1.807, 2.05) is 0 Å². The second-order valence-corrected chi connectivity index (χ2v) is 4.23. The summed E-state index contributed by atoms with van der Waals surface area (Å²) in [5, 5.41) is 3.85. The number of aromatic nitrogens is 4. The van der Waals surface area contributed by atoms with Gasteiger partial charge in [-0.15, -0.1) is 0 Å². The highest BCUT2D eigenvalue weighted by Crippen LogP contribution is 2.06. The van der Waals surface area contributed by atoms with Gasteiger partial charge in [-0.25, -0.2) is 4.98 Å². The molecule has 0 unspecified atom stereocenters. The fourth-order valence-electron chi connectivity index (χ4n) is 1.40. The third-order valence-electron chi connectivity index (χ3n) is 2.12. The lowest BCUT2D eigenvalue weighted by molar-refractivity contribution is 0.0953. The first-order chi connectivity index (χ1) is 8.24. The quantitative estimate of drug-likeness (QED) is 0.826. The van der Waals surface area contributed by atoms with E-state index >= 15 is 0 Å². The first kappa shape index (κ1) is 11.8. The van der Waals surface area contributed by atoms with Crippen molar-refractivity contribution in [2.75, 3.05) is 0 Å². The summed E-state index contributed by atoms with van der Waals surface area (Å²) < 4.78 is 10.5. The fraction of sp³-hybridized carbons (Fsp3) is 0.545. The van der Waals surface area contributed by atoms with Gasteiger partial charge < -0.3 is 14.2 Å². The summed E-state index contributed by atoms with van der Waals surface area (Å²) >= 11 is 0. The fourth-order valence-corrected chi connectivity index (χ4v) is 1.40. The molecule has 2 rings (SSSR count). The summed E-state index contributed by atoms with van der Waals surface area (Å²) in [5.74, 6) is 2.53. The molecule has 0 aliphatic heterocycles. The smallest absolute Gasteiger partial charge is 0.226 e. The minimum atomic E-state index is 0.336. The minimum absolute atomic E-state index is 0.336. The third-order valence-corrected chi connectivity index (χ3v) is 2.12. The van der Waals surface area contributed by atoms with Crippen LogP contribution in [0.5, 0.6) is 0 Å². The van der Waals surface area contributed by atoms with Crippen LogP contribution in [0.1, 0.15) is 31.4 Å². The highest BCUT2D eigenvalue weighted by atomic mass is 16.5. The van der Waals surface area contributed by atoms with Crippen molar-refractivity contribution >= 4 is 0 Å². The molecule has 1 N–H and O–H groups in total. The highest BCUT2D eigenvalue weighted by Gasteiger charge is 2.08. The second kappa shape index (κ2) is 5.58. The van der Waals surface area contributed by atoms with Crippen LogP contribution in [0.3, 0.4) is 0 Å². The molecule has 0 fully saturated rings. The van der Waals surface area contributed by atoms with Crippen molar-refractivity contribution in [1.82, 2.24) is 20.1 Å². The maximum Gasteiger partial charge on any atom is 0.226 e. The van der Waals surface area contributed by atoms with Gasteiger partial charge in [-0.3, -0.25) is 0 Å². The Balaban J connectivity index is 1.77. The average Bonchev–Trinajstić information content (AvgIpc) is 2.89. The molecule has 17 heavy (non-hydrogen) atoms. The zero-order chi connectivity index (χ0) is 12.1. The van der Waals surface area contributed by atoms with E-state index in [1.165, 1.54) is 0 Å². The predicted molar refractivity (Wildman–Crippen MR) is 59.9 cm³/mol. The number of H-pyrrole nitrogens is 1. The Morgan fingerprint density at radius 2 is 2.29 bits per heavy atom. The summed E-state index contributed by atoms with van der Waals surface area (Å²) in [6, 6.07) is 0. The lowest BCUT2D eigenvalue weighted by Gasteiger charge is -1.97. The molecule has 2 aromatic heterocycles.